The molecule has 100 valence electrons. The summed E-state index contributed by atoms with van der Waals surface area (Å²) in [5.41, 5.74) is 1.40. The number of imidazole rings is 1. The maximum atomic E-state index is 13.7. The number of rotatable bonds is 4. The molecule has 0 amide bonds. The molecule has 0 fully saturated rings. The largest absolute Gasteiger partial charge is 0.480 e. The standard InChI is InChI=1S/C13H14FN3O2/c1-7-10(8-5-3-4-6-9(8)14)17-12(16-7)11(15-2)13(18)19/h3-6,11,15H,1-2H3,(H,16,17)(H,18,19). The Morgan fingerprint density at radius 3 is 2.74 bits per heavy atom. The number of H-pyrrole nitrogens is 1. The lowest BCUT2D eigenvalue weighted by Crippen LogP contribution is -2.26. The van der Waals surface area contributed by atoms with E-state index in [0.717, 1.165) is 0 Å². The van der Waals surface area contributed by atoms with Gasteiger partial charge in [0.25, 0.3) is 0 Å². The monoisotopic (exact) mass is 263 g/mol. The van der Waals surface area contributed by atoms with E-state index in [4.69, 9.17) is 5.11 Å². The van der Waals surface area contributed by atoms with Crippen LogP contribution in [-0.2, 0) is 4.79 Å². The van der Waals surface area contributed by atoms with Gasteiger partial charge >= 0.3 is 5.97 Å². The van der Waals surface area contributed by atoms with Gasteiger partial charge in [-0.3, -0.25) is 4.79 Å². The van der Waals surface area contributed by atoms with Crippen molar-refractivity contribution >= 4 is 5.97 Å². The minimum atomic E-state index is -1.05. The summed E-state index contributed by atoms with van der Waals surface area (Å²) in [5, 5.41) is 11.7. The van der Waals surface area contributed by atoms with Crippen LogP contribution in [0.1, 0.15) is 17.6 Å². The summed E-state index contributed by atoms with van der Waals surface area (Å²) in [5.74, 6) is -1.18. The fraction of sp³-hybridized carbons (Fsp3) is 0.231. The third-order valence-electron chi connectivity index (χ3n) is 2.84. The first-order valence-corrected chi connectivity index (χ1v) is 5.76. The summed E-state index contributed by atoms with van der Waals surface area (Å²) in [4.78, 5) is 18.1. The summed E-state index contributed by atoms with van der Waals surface area (Å²) < 4.78 is 13.7. The lowest BCUT2D eigenvalue weighted by Gasteiger charge is -2.06. The molecule has 3 N–H and O–H groups in total. The zero-order chi connectivity index (χ0) is 14.0. The average Bonchev–Trinajstić information content (AvgIpc) is 2.72. The number of carboxylic acids is 1. The van der Waals surface area contributed by atoms with Gasteiger partial charge in [-0.1, -0.05) is 12.1 Å². The minimum Gasteiger partial charge on any atom is -0.480 e. The van der Waals surface area contributed by atoms with Crippen LogP contribution in [-0.4, -0.2) is 28.1 Å². The van der Waals surface area contributed by atoms with Crippen molar-refractivity contribution in [1.82, 2.24) is 15.3 Å². The van der Waals surface area contributed by atoms with E-state index in [1.54, 1.807) is 25.1 Å². The number of nitrogens with zero attached hydrogens (tertiary/aromatic N) is 1. The zero-order valence-corrected chi connectivity index (χ0v) is 10.6. The number of aryl methyl sites for hydroxylation is 1. The molecule has 0 aliphatic heterocycles. The molecule has 19 heavy (non-hydrogen) atoms. The van der Waals surface area contributed by atoms with E-state index in [1.165, 1.54) is 13.1 Å². The number of aliphatic carboxylic acids is 1. The number of benzene rings is 1. The topological polar surface area (TPSA) is 78.0 Å². The van der Waals surface area contributed by atoms with E-state index in [2.05, 4.69) is 15.3 Å². The summed E-state index contributed by atoms with van der Waals surface area (Å²) in [6.07, 6.45) is 0. The molecule has 1 aromatic carbocycles. The smallest absolute Gasteiger partial charge is 0.328 e. The molecule has 0 saturated carbocycles. The van der Waals surface area contributed by atoms with Crippen LogP contribution in [0.3, 0.4) is 0 Å². The first-order chi connectivity index (χ1) is 9.04. The lowest BCUT2D eigenvalue weighted by molar-refractivity contribution is -0.139. The Morgan fingerprint density at radius 1 is 1.47 bits per heavy atom. The Kier molecular flexibility index (Phi) is 3.62. The predicted octanol–water partition coefficient (Wildman–Crippen LogP) is 1.87. The van der Waals surface area contributed by atoms with Gasteiger partial charge < -0.3 is 15.4 Å². The second-order valence-electron chi connectivity index (χ2n) is 4.14. The average molecular weight is 263 g/mol. The third-order valence-corrected chi connectivity index (χ3v) is 2.84. The highest BCUT2D eigenvalue weighted by Gasteiger charge is 2.23. The van der Waals surface area contributed by atoms with Gasteiger partial charge in [-0.15, -0.1) is 0 Å². The van der Waals surface area contributed by atoms with Crippen LogP contribution >= 0.6 is 0 Å². The quantitative estimate of drug-likeness (QED) is 0.787. The SMILES string of the molecule is CNC(C(=O)O)c1nc(-c2ccccc2F)c(C)[nH]1. The van der Waals surface area contributed by atoms with Crippen LogP contribution in [0.4, 0.5) is 4.39 Å². The van der Waals surface area contributed by atoms with Gasteiger partial charge in [-0.2, -0.15) is 0 Å². The Balaban J connectivity index is 2.48. The molecule has 0 saturated heterocycles. The maximum absolute atomic E-state index is 13.7. The van der Waals surface area contributed by atoms with Gasteiger partial charge in [0.05, 0.1) is 5.69 Å². The molecule has 2 rings (SSSR count). The number of carboxylic acid groups (broad SMARTS) is 1. The van der Waals surface area contributed by atoms with Crippen LogP contribution in [0.5, 0.6) is 0 Å². The van der Waals surface area contributed by atoms with Crippen LogP contribution in [0, 0.1) is 12.7 Å². The summed E-state index contributed by atoms with van der Waals surface area (Å²) in [6.45, 7) is 1.73. The van der Waals surface area contributed by atoms with Crippen molar-refractivity contribution in [3.05, 3.63) is 41.6 Å². The first kappa shape index (κ1) is 13.2. The Bertz CT molecular complexity index is 610. The number of hydrogen-bond acceptors (Lipinski definition) is 3. The van der Waals surface area contributed by atoms with E-state index in [1.807, 2.05) is 0 Å². The van der Waals surface area contributed by atoms with E-state index >= 15 is 0 Å². The van der Waals surface area contributed by atoms with Crippen LogP contribution < -0.4 is 5.32 Å². The number of carbonyl (C=O) groups is 1. The van der Waals surface area contributed by atoms with Crippen molar-refractivity contribution in [2.45, 2.75) is 13.0 Å². The van der Waals surface area contributed by atoms with Crippen molar-refractivity contribution < 1.29 is 14.3 Å². The van der Waals surface area contributed by atoms with Gasteiger partial charge in [0.15, 0.2) is 6.04 Å². The molecular formula is C13H14FN3O2. The van der Waals surface area contributed by atoms with Crippen LogP contribution in [0.15, 0.2) is 24.3 Å². The number of hydrogen-bond donors (Lipinski definition) is 3. The second-order valence-corrected chi connectivity index (χ2v) is 4.14. The Hall–Kier alpha value is -2.21. The van der Waals surface area contributed by atoms with Crippen molar-refractivity contribution in [3.8, 4) is 11.3 Å². The molecule has 1 aromatic heterocycles. The predicted molar refractivity (Wildman–Crippen MR) is 68.2 cm³/mol. The number of aromatic nitrogens is 2. The first-order valence-electron chi connectivity index (χ1n) is 5.76. The van der Waals surface area contributed by atoms with Crippen LogP contribution in [0.2, 0.25) is 0 Å². The molecule has 0 spiro atoms. The van der Waals surface area contributed by atoms with Crippen molar-refractivity contribution in [2.75, 3.05) is 7.05 Å². The van der Waals surface area contributed by atoms with Gasteiger partial charge in [0.1, 0.15) is 11.6 Å². The highest BCUT2D eigenvalue weighted by molar-refractivity contribution is 5.75. The van der Waals surface area contributed by atoms with Gasteiger partial charge in [-0.05, 0) is 26.1 Å². The lowest BCUT2D eigenvalue weighted by atomic mass is 10.1. The number of halogens is 1. The van der Waals surface area contributed by atoms with Crippen molar-refractivity contribution in [3.63, 3.8) is 0 Å². The second kappa shape index (κ2) is 5.19. The van der Waals surface area contributed by atoms with E-state index < -0.39 is 12.0 Å². The molecule has 0 aliphatic carbocycles. The third kappa shape index (κ3) is 2.48. The zero-order valence-electron chi connectivity index (χ0n) is 10.6. The van der Waals surface area contributed by atoms with Crippen LogP contribution in [0.25, 0.3) is 11.3 Å². The molecule has 0 bridgehead atoms. The molecule has 6 heteroatoms. The Morgan fingerprint density at radius 2 is 2.16 bits per heavy atom. The Labute approximate surface area is 109 Å². The molecule has 0 aliphatic rings. The maximum Gasteiger partial charge on any atom is 0.328 e. The summed E-state index contributed by atoms with van der Waals surface area (Å²) in [7, 11) is 1.53. The highest BCUT2D eigenvalue weighted by atomic mass is 19.1. The van der Waals surface area contributed by atoms with Gasteiger partial charge in [0, 0.05) is 11.3 Å². The fourth-order valence-electron chi connectivity index (χ4n) is 1.91. The van der Waals surface area contributed by atoms with E-state index in [9.17, 15) is 9.18 Å². The molecular weight excluding hydrogens is 249 g/mol. The molecule has 1 heterocycles. The minimum absolute atomic E-state index is 0.255. The highest BCUT2D eigenvalue weighted by Crippen LogP contribution is 2.25. The fourth-order valence-corrected chi connectivity index (χ4v) is 1.91. The van der Waals surface area contributed by atoms with Gasteiger partial charge in [0.2, 0.25) is 0 Å². The molecule has 0 radical (unpaired) electrons. The number of nitrogens with one attached hydrogen (secondary N) is 2. The molecule has 5 nitrogen and oxygen atoms in total. The van der Waals surface area contributed by atoms with Crippen molar-refractivity contribution in [2.24, 2.45) is 0 Å². The molecule has 1 atom stereocenters. The van der Waals surface area contributed by atoms with Crippen molar-refractivity contribution in [1.29, 1.82) is 0 Å². The van der Waals surface area contributed by atoms with E-state index in [0.29, 0.717) is 17.0 Å². The molecule has 1 unspecified atom stereocenters. The molecule has 2 aromatic rings. The van der Waals surface area contributed by atoms with Gasteiger partial charge in [-0.25, -0.2) is 9.37 Å². The summed E-state index contributed by atoms with van der Waals surface area (Å²) >= 11 is 0. The number of likely N-dealkylation sites (N-methyl/N-ethyl adjacent to an activating group) is 1. The van der Waals surface area contributed by atoms with E-state index in [-0.39, 0.29) is 11.6 Å². The summed E-state index contributed by atoms with van der Waals surface area (Å²) in [6, 6.07) is 5.31. The number of aromatic amines is 1. The normalized spacial score (nSPS) is 12.4.